The van der Waals surface area contributed by atoms with Gasteiger partial charge >= 0.3 is 172 Å². The molecule has 1 radical (unpaired) electrons. The topological polar surface area (TPSA) is 115 Å². The van der Waals surface area contributed by atoms with Gasteiger partial charge in [-0.1, -0.05) is 0 Å². The van der Waals surface area contributed by atoms with Gasteiger partial charge in [0, 0.05) is 13.1 Å². The van der Waals surface area contributed by atoms with E-state index in [0.29, 0.717) is 92.1 Å². The molecule has 0 aliphatic rings. The first-order valence-corrected chi connectivity index (χ1v) is 18.7. The van der Waals surface area contributed by atoms with Crippen LogP contribution < -0.4 is 0 Å². The van der Waals surface area contributed by atoms with Gasteiger partial charge < -0.3 is 14.4 Å². The molecule has 0 fully saturated rings. The summed E-state index contributed by atoms with van der Waals surface area (Å²) >= 11 is 3.31. The van der Waals surface area contributed by atoms with Gasteiger partial charge in [0.05, 0.1) is 26.1 Å². The van der Waals surface area contributed by atoms with Crippen molar-refractivity contribution in [2.24, 2.45) is 0 Å². The van der Waals surface area contributed by atoms with Gasteiger partial charge in [-0.05, 0) is 26.8 Å². The van der Waals surface area contributed by atoms with Crippen molar-refractivity contribution in [3.05, 3.63) is 0 Å². The molecule has 0 unspecified atom stereocenters. The van der Waals surface area contributed by atoms with E-state index < -0.39 is 0 Å². The van der Waals surface area contributed by atoms with Gasteiger partial charge in [-0.25, -0.2) is 0 Å². The molecule has 0 spiro atoms. The van der Waals surface area contributed by atoms with E-state index >= 15 is 0 Å². The molecule has 0 aromatic carbocycles. The van der Waals surface area contributed by atoms with Gasteiger partial charge in [0.2, 0.25) is 0 Å². The van der Waals surface area contributed by atoms with Crippen LogP contribution in [0.1, 0.15) is 52.4 Å². The van der Waals surface area contributed by atoms with E-state index in [0.717, 1.165) is 44.3 Å². The molecular weight excluding hydrogens is 664 g/mol. The van der Waals surface area contributed by atoms with Gasteiger partial charge in [0.1, 0.15) is 0 Å². The standard InChI is InChI=1S/C28H52N3O8Se2/c1-5-36-25(32)9-17-30(18-10-26(33)37-6-2)15-7-13-29(3)14-8-16-31(19-11-27(34)38-21-23-40)20-12-28(35)39-22-24-41-4/h5-24H2,1-4H3. The van der Waals surface area contributed by atoms with E-state index in [1.165, 1.54) is 0 Å². The third-order valence-electron chi connectivity index (χ3n) is 6.06. The molecule has 0 aromatic rings. The smallest absolute Gasteiger partial charge is 0.307 e. The van der Waals surface area contributed by atoms with E-state index in [9.17, 15) is 19.2 Å². The molecule has 0 aromatic heterocycles. The van der Waals surface area contributed by atoms with Crippen molar-refractivity contribution in [2.75, 3.05) is 85.8 Å². The molecule has 13 heteroatoms. The van der Waals surface area contributed by atoms with Crippen LogP contribution in [0.25, 0.3) is 0 Å². The summed E-state index contributed by atoms with van der Waals surface area (Å²) in [6.45, 7) is 10.5. The van der Waals surface area contributed by atoms with Crippen LogP contribution in [0.5, 0.6) is 0 Å². The largest absolute Gasteiger partial charge is 0.466 e. The zero-order chi connectivity index (χ0) is 30.7. The summed E-state index contributed by atoms with van der Waals surface area (Å²) in [7, 11) is 2.07. The molecule has 0 heterocycles. The van der Waals surface area contributed by atoms with Crippen LogP contribution in [0, 0.1) is 0 Å². The number of hydrogen-bond acceptors (Lipinski definition) is 11. The minimum Gasteiger partial charge on any atom is -0.466 e. The van der Waals surface area contributed by atoms with Gasteiger partial charge in [0.15, 0.2) is 0 Å². The Balaban J connectivity index is 4.63. The normalized spacial score (nSPS) is 11.2. The Morgan fingerprint density at radius 1 is 0.610 bits per heavy atom. The van der Waals surface area contributed by atoms with E-state index in [1.54, 1.807) is 13.8 Å². The average Bonchev–Trinajstić information content (AvgIpc) is 2.94. The molecule has 0 atom stereocenters. The SMILES string of the molecule is CCOC(=O)CCN(CCCN(C)CCCN(CCC(=O)OCC[Se])CCC(=O)OCC[Se]C)CCC(=O)OCC. The summed E-state index contributed by atoms with van der Waals surface area (Å²) in [4.78, 5) is 54.2. The number of nitrogens with zero attached hydrogens (tertiary/aromatic N) is 3. The third kappa shape index (κ3) is 25.0. The number of hydrogen-bond donors (Lipinski definition) is 0. The van der Waals surface area contributed by atoms with Crippen molar-refractivity contribution in [1.29, 1.82) is 0 Å². The molecule has 239 valence electrons. The van der Waals surface area contributed by atoms with Crippen LogP contribution in [0.2, 0.25) is 16.5 Å². The maximum absolute atomic E-state index is 12.1. The minimum atomic E-state index is -0.234. The fraction of sp³-hybridized carbons (Fsp3) is 0.857. The zero-order valence-corrected chi connectivity index (χ0v) is 29.0. The molecule has 0 bridgehead atoms. The first-order chi connectivity index (χ1) is 19.7. The average molecular weight is 717 g/mol. The number of carbonyl (C=O) groups is 4. The van der Waals surface area contributed by atoms with Crippen molar-refractivity contribution < 1.29 is 38.1 Å². The molecule has 0 N–H and O–H groups in total. The van der Waals surface area contributed by atoms with E-state index in [4.69, 9.17) is 18.9 Å². The maximum Gasteiger partial charge on any atom is 0.307 e. The van der Waals surface area contributed by atoms with Crippen LogP contribution in [0.15, 0.2) is 0 Å². The first kappa shape index (κ1) is 39.8. The fourth-order valence-electron chi connectivity index (χ4n) is 3.91. The summed E-state index contributed by atoms with van der Waals surface area (Å²) in [5.74, 6) is 1.22. The maximum atomic E-state index is 12.1. The molecule has 41 heavy (non-hydrogen) atoms. The quantitative estimate of drug-likeness (QED) is 0.0537. The number of esters is 4. The van der Waals surface area contributed by atoms with Crippen LogP contribution in [-0.4, -0.2) is 155 Å². The van der Waals surface area contributed by atoms with Gasteiger partial charge in [-0.3, -0.25) is 9.59 Å². The van der Waals surface area contributed by atoms with Crippen LogP contribution >= 0.6 is 0 Å². The Bertz CT molecular complexity index is 696. The van der Waals surface area contributed by atoms with Gasteiger partial charge in [0.25, 0.3) is 0 Å². The summed E-state index contributed by atoms with van der Waals surface area (Å²) in [6, 6.07) is 0. The third-order valence-corrected chi connectivity index (χ3v) is 7.62. The van der Waals surface area contributed by atoms with E-state index in [2.05, 4.69) is 43.6 Å². The zero-order valence-electron chi connectivity index (χ0n) is 25.6. The molecule has 0 aliphatic carbocycles. The Labute approximate surface area is 261 Å². The molecule has 0 rings (SSSR count). The van der Waals surface area contributed by atoms with Crippen LogP contribution in [-0.2, 0) is 38.1 Å². The Morgan fingerprint density at radius 2 is 1.00 bits per heavy atom. The monoisotopic (exact) mass is 718 g/mol. The molecule has 0 saturated carbocycles. The molecule has 0 aliphatic heterocycles. The second-order valence-corrected chi connectivity index (χ2v) is 12.4. The molecular formula is C28H52N3O8Se2. The van der Waals surface area contributed by atoms with Crippen molar-refractivity contribution in [3.8, 4) is 0 Å². The number of carbonyl (C=O) groups excluding carboxylic acids is 4. The van der Waals surface area contributed by atoms with Crippen LogP contribution in [0.3, 0.4) is 0 Å². The Kier molecular flexibility index (Phi) is 26.8. The van der Waals surface area contributed by atoms with Crippen molar-refractivity contribution in [1.82, 2.24) is 14.7 Å². The number of ether oxygens (including phenoxy) is 4. The van der Waals surface area contributed by atoms with Crippen molar-refractivity contribution in [3.63, 3.8) is 0 Å². The Hall–Kier alpha value is -1.20. The Morgan fingerprint density at radius 3 is 1.37 bits per heavy atom. The predicted octanol–water partition coefficient (Wildman–Crippen LogP) is 1.83. The second-order valence-electron chi connectivity index (χ2n) is 9.44. The molecule has 0 amide bonds. The predicted molar refractivity (Wildman–Crippen MR) is 160 cm³/mol. The summed E-state index contributed by atoms with van der Waals surface area (Å²) in [6.07, 6.45) is 2.95. The minimum absolute atomic E-state index is 0.198. The summed E-state index contributed by atoms with van der Waals surface area (Å²) in [5, 5.41) is 1.59. The van der Waals surface area contributed by atoms with Crippen molar-refractivity contribution in [2.45, 2.75) is 68.8 Å². The summed E-state index contributed by atoms with van der Waals surface area (Å²) in [5.41, 5.74) is 0. The number of rotatable bonds is 27. The van der Waals surface area contributed by atoms with Gasteiger partial charge in [-0.15, -0.1) is 0 Å². The van der Waals surface area contributed by atoms with Crippen LogP contribution in [0.4, 0.5) is 0 Å². The van der Waals surface area contributed by atoms with Crippen molar-refractivity contribution >= 4 is 54.8 Å². The van der Waals surface area contributed by atoms with E-state index in [1.807, 2.05) is 0 Å². The second kappa shape index (κ2) is 27.6. The van der Waals surface area contributed by atoms with E-state index in [-0.39, 0.29) is 30.3 Å². The fourth-order valence-corrected chi connectivity index (χ4v) is 4.61. The summed E-state index contributed by atoms with van der Waals surface area (Å²) < 4.78 is 20.6. The molecule has 0 saturated heterocycles. The molecule has 11 nitrogen and oxygen atoms in total. The first-order valence-electron chi connectivity index (χ1n) is 14.6. The van der Waals surface area contributed by atoms with Gasteiger partial charge in [-0.2, -0.15) is 0 Å².